The zero-order valence-electron chi connectivity index (χ0n) is 15.6. The lowest BCUT2D eigenvalue weighted by molar-refractivity contribution is -0.117. The van der Waals surface area contributed by atoms with Crippen molar-refractivity contribution < 1.29 is 24.1 Å². The minimum Gasteiger partial charge on any atom is -0.504 e. The van der Waals surface area contributed by atoms with E-state index in [0.29, 0.717) is 20.6 Å². The summed E-state index contributed by atoms with van der Waals surface area (Å²) in [5.41, 5.74) is 1.23. The molecule has 2 rings (SSSR count). The summed E-state index contributed by atoms with van der Waals surface area (Å²) in [5.74, 6) is 0.955. The third-order valence-electron chi connectivity index (χ3n) is 3.88. The Morgan fingerprint density at radius 1 is 1.18 bits per heavy atom. The maximum absolute atomic E-state index is 12.4. The van der Waals surface area contributed by atoms with Crippen LogP contribution in [0.15, 0.2) is 35.9 Å². The zero-order chi connectivity index (χ0) is 20.7. The van der Waals surface area contributed by atoms with Crippen molar-refractivity contribution in [3.63, 3.8) is 0 Å². The van der Waals surface area contributed by atoms with E-state index >= 15 is 0 Å². The Morgan fingerprint density at radius 2 is 1.89 bits per heavy atom. The molecule has 0 saturated heterocycles. The molecule has 0 fully saturated rings. The van der Waals surface area contributed by atoms with E-state index in [0.717, 1.165) is 5.56 Å². The van der Waals surface area contributed by atoms with E-state index in [2.05, 4.69) is 5.32 Å². The molecule has 0 aliphatic heterocycles. The molecule has 2 aromatic carbocycles. The summed E-state index contributed by atoms with van der Waals surface area (Å²) in [5, 5.41) is 22.0. The van der Waals surface area contributed by atoms with Gasteiger partial charge in [0.25, 0.3) is 5.91 Å². The third-order valence-corrected chi connectivity index (χ3v) is 4.70. The number of amides is 1. The molecule has 1 amide bonds. The molecule has 0 aliphatic rings. The highest BCUT2D eigenvalue weighted by molar-refractivity contribution is 14.1. The van der Waals surface area contributed by atoms with E-state index < -0.39 is 5.91 Å². The van der Waals surface area contributed by atoms with Gasteiger partial charge in [0.2, 0.25) is 0 Å². The molecular weight excluding hydrogens is 475 g/mol. The van der Waals surface area contributed by atoms with E-state index in [1.54, 1.807) is 37.4 Å². The lowest BCUT2D eigenvalue weighted by Crippen LogP contribution is -2.24. The van der Waals surface area contributed by atoms with Gasteiger partial charge in [0.1, 0.15) is 23.1 Å². The van der Waals surface area contributed by atoms with Gasteiger partial charge in [0.05, 0.1) is 24.9 Å². The lowest BCUT2D eigenvalue weighted by atomic mass is 10.1. The average Bonchev–Trinajstić information content (AvgIpc) is 2.72. The third kappa shape index (κ3) is 5.07. The highest BCUT2D eigenvalue weighted by Gasteiger charge is 2.13. The van der Waals surface area contributed by atoms with E-state index in [9.17, 15) is 15.2 Å². The van der Waals surface area contributed by atoms with Crippen LogP contribution >= 0.6 is 22.6 Å². The zero-order valence-corrected chi connectivity index (χ0v) is 17.7. The van der Waals surface area contributed by atoms with Gasteiger partial charge in [-0.1, -0.05) is 0 Å². The van der Waals surface area contributed by atoms with Crippen LogP contribution < -0.4 is 19.5 Å². The number of carbonyl (C=O) groups is 1. The average molecular weight is 494 g/mol. The van der Waals surface area contributed by atoms with Gasteiger partial charge in [-0.15, -0.1) is 0 Å². The van der Waals surface area contributed by atoms with Gasteiger partial charge >= 0.3 is 0 Å². The first-order chi connectivity index (χ1) is 13.4. The molecule has 28 heavy (non-hydrogen) atoms. The number of ether oxygens (including phenoxy) is 3. The lowest BCUT2D eigenvalue weighted by Gasteiger charge is -2.11. The molecular formula is C20H19IN2O5. The van der Waals surface area contributed by atoms with Crippen molar-refractivity contribution in [2.75, 3.05) is 21.3 Å². The topological polar surface area (TPSA) is 101 Å². The molecule has 0 atom stereocenters. The first-order valence-corrected chi connectivity index (χ1v) is 9.18. The Balaban J connectivity index is 2.20. The van der Waals surface area contributed by atoms with Gasteiger partial charge in [-0.25, -0.2) is 0 Å². The van der Waals surface area contributed by atoms with Crippen molar-refractivity contribution in [2.24, 2.45) is 0 Å². The summed E-state index contributed by atoms with van der Waals surface area (Å²) < 4.78 is 16.1. The first kappa shape index (κ1) is 21.4. The summed E-state index contributed by atoms with van der Waals surface area (Å²) in [7, 11) is 4.51. The fraction of sp³-hybridized carbons (Fsp3) is 0.200. The van der Waals surface area contributed by atoms with Crippen molar-refractivity contribution >= 4 is 34.6 Å². The minimum atomic E-state index is -0.526. The van der Waals surface area contributed by atoms with Crippen LogP contribution in [0.25, 0.3) is 6.08 Å². The van der Waals surface area contributed by atoms with Crippen LogP contribution in [-0.2, 0) is 11.3 Å². The number of carbonyl (C=O) groups excluding carboxylic acids is 1. The standard InChI is InChI=1S/C20H19IN2O5/c1-26-15-5-4-13(17(9-15)27-2)11-23-20(25)14(10-22)6-12-7-16(21)19(24)18(8-12)28-3/h4-9,24H,11H2,1-3H3,(H,23,25)/b14-6+. The molecule has 0 radical (unpaired) electrons. The number of phenols is 1. The number of benzene rings is 2. The van der Waals surface area contributed by atoms with Gasteiger partial charge in [-0.05, 0) is 58.5 Å². The maximum Gasteiger partial charge on any atom is 0.262 e. The Labute approximate surface area is 176 Å². The fourth-order valence-corrected chi connectivity index (χ4v) is 3.04. The molecule has 0 spiro atoms. The molecule has 7 nitrogen and oxygen atoms in total. The van der Waals surface area contributed by atoms with Crippen LogP contribution in [-0.4, -0.2) is 32.3 Å². The van der Waals surface area contributed by atoms with Crippen molar-refractivity contribution in [1.29, 1.82) is 5.26 Å². The van der Waals surface area contributed by atoms with Crippen molar-refractivity contribution in [3.8, 4) is 29.1 Å². The Morgan fingerprint density at radius 3 is 2.50 bits per heavy atom. The van der Waals surface area contributed by atoms with Crippen LogP contribution in [0, 0.1) is 14.9 Å². The molecule has 2 aromatic rings. The van der Waals surface area contributed by atoms with Gasteiger partial charge in [-0.2, -0.15) is 5.26 Å². The minimum absolute atomic E-state index is 0.00908. The molecule has 8 heteroatoms. The number of methoxy groups -OCH3 is 3. The molecule has 0 saturated carbocycles. The van der Waals surface area contributed by atoms with Gasteiger partial charge in [0.15, 0.2) is 11.5 Å². The van der Waals surface area contributed by atoms with Gasteiger partial charge in [0, 0.05) is 18.2 Å². The van der Waals surface area contributed by atoms with Gasteiger partial charge in [-0.3, -0.25) is 4.79 Å². The van der Waals surface area contributed by atoms with Crippen LogP contribution in [0.3, 0.4) is 0 Å². The largest absolute Gasteiger partial charge is 0.504 e. The number of halogens is 1. The predicted molar refractivity (Wildman–Crippen MR) is 112 cm³/mol. The summed E-state index contributed by atoms with van der Waals surface area (Å²) in [6.45, 7) is 0.182. The molecule has 0 aromatic heterocycles. The smallest absolute Gasteiger partial charge is 0.262 e. The van der Waals surface area contributed by atoms with E-state index in [4.69, 9.17) is 14.2 Å². The Hall–Kier alpha value is -2.93. The molecule has 0 heterocycles. The first-order valence-electron chi connectivity index (χ1n) is 8.10. The van der Waals surface area contributed by atoms with Gasteiger partial charge < -0.3 is 24.6 Å². The number of hydrogen-bond acceptors (Lipinski definition) is 6. The van der Waals surface area contributed by atoms with Crippen LogP contribution in [0.1, 0.15) is 11.1 Å². The molecule has 0 unspecified atom stereocenters. The predicted octanol–water partition coefficient (Wildman–Crippen LogP) is 3.25. The number of nitriles is 1. The van der Waals surface area contributed by atoms with Crippen molar-refractivity contribution in [3.05, 3.63) is 50.6 Å². The monoisotopic (exact) mass is 494 g/mol. The van der Waals surface area contributed by atoms with E-state index in [-0.39, 0.29) is 23.6 Å². The summed E-state index contributed by atoms with van der Waals surface area (Å²) in [6, 6.07) is 10.3. The number of hydrogen-bond donors (Lipinski definition) is 2. The summed E-state index contributed by atoms with van der Waals surface area (Å²) >= 11 is 1.95. The quantitative estimate of drug-likeness (QED) is 0.348. The van der Waals surface area contributed by atoms with E-state index in [1.165, 1.54) is 20.3 Å². The maximum atomic E-state index is 12.4. The van der Waals surface area contributed by atoms with Crippen molar-refractivity contribution in [1.82, 2.24) is 5.32 Å². The highest BCUT2D eigenvalue weighted by atomic mass is 127. The normalized spacial score (nSPS) is 10.8. The second kappa shape index (κ2) is 9.85. The van der Waals surface area contributed by atoms with E-state index in [1.807, 2.05) is 28.7 Å². The highest BCUT2D eigenvalue weighted by Crippen LogP contribution is 2.33. The number of aromatic hydroxyl groups is 1. The Bertz CT molecular complexity index is 950. The number of nitrogens with zero attached hydrogens (tertiary/aromatic N) is 1. The SMILES string of the molecule is COc1ccc(CNC(=O)/C(C#N)=C/c2cc(I)c(O)c(OC)c2)c(OC)c1. The number of nitrogens with one attached hydrogen (secondary N) is 1. The second-order valence-electron chi connectivity index (χ2n) is 5.58. The van der Waals surface area contributed by atoms with Crippen molar-refractivity contribution in [2.45, 2.75) is 6.54 Å². The molecule has 0 aliphatic carbocycles. The van der Waals surface area contributed by atoms with Crippen LogP contribution in [0.5, 0.6) is 23.0 Å². The Kier molecular flexibility index (Phi) is 7.52. The molecule has 146 valence electrons. The second-order valence-corrected chi connectivity index (χ2v) is 6.75. The number of phenolic OH excluding ortho intramolecular Hbond substituents is 1. The van der Waals surface area contributed by atoms with Crippen LogP contribution in [0.4, 0.5) is 0 Å². The fourth-order valence-electron chi connectivity index (χ4n) is 2.42. The summed E-state index contributed by atoms with van der Waals surface area (Å²) in [4.78, 5) is 12.4. The molecule has 2 N–H and O–H groups in total. The summed E-state index contributed by atoms with van der Waals surface area (Å²) in [6.07, 6.45) is 1.44. The number of rotatable bonds is 7. The molecule has 0 bridgehead atoms. The van der Waals surface area contributed by atoms with Crippen LogP contribution in [0.2, 0.25) is 0 Å².